The van der Waals surface area contributed by atoms with Gasteiger partial charge >= 0.3 is 0 Å². The van der Waals surface area contributed by atoms with Crippen LogP contribution < -0.4 is 10.6 Å². The van der Waals surface area contributed by atoms with Crippen LogP contribution in [0.1, 0.15) is 29.5 Å². The first kappa shape index (κ1) is 20.2. The predicted molar refractivity (Wildman–Crippen MR) is 112 cm³/mol. The summed E-state index contributed by atoms with van der Waals surface area (Å²) in [6.07, 6.45) is 4.22. The Balaban J connectivity index is 1.84. The second-order valence-corrected chi connectivity index (χ2v) is 7.39. The second kappa shape index (κ2) is 10.1. The van der Waals surface area contributed by atoms with E-state index >= 15 is 0 Å². The topological polar surface area (TPSA) is 47.7 Å². The van der Waals surface area contributed by atoms with Crippen LogP contribution in [0.15, 0.2) is 42.5 Å². The number of para-hydroxylation sites is 1. The van der Waals surface area contributed by atoms with Crippen molar-refractivity contribution in [1.29, 1.82) is 0 Å². The third-order valence-electron chi connectivity index (χ3n) is 5.00. The molecule has 0 spiro atoms. The van der Waals surface area contributed by atoms with Gasteiger partial charge in [-0.05, 0) is 61.1 Å². The molecule has 0 bridgehead atoms. The zero-order valence-corrected chi connectivity index (χ0v) is 16.8. The number of fused-ring (bicyclic) bond motifs is 2. The highest BCUT2D eigenvalue weighted by Crippen LogP contribution is 2.36. The lowest BCUT2D eigenvalue weighted by Crippen LogP contribution is -2.21. The van der Waals surface area contributed by atoms with Crippen LogP contribution in [0, 0.1) is 0 Å². The van der Waals surface area contributed by atoms with Crippen LogP contribution in [0.2, 0.25) is 0 Å². The van der Waals surface area contributed by atoms with Crippen molar-refractivity contribution in [1.82, 2.24) is 0 Å². The van der Waals surface area contributed by atoms with Crippen molar-refractivity contribution in [3.05, 3.63) is 59.2 Å². The number of hydrogen-bond acceptors (Lipinski definition) is 4. The molecule has 0 fully saturated rings. The lowest BCUT2D eigenvalue weighted by atomic mass is 10.0. The van der Waals surface area contributed by atoms with Crippen molar-refractivity contribution in [2.24, 2.45) is 5.73 Å². The molecule has 5 heteroatoms. The molecule has 0 saturated heterocycles. The maximum atomic E-state index is 5.95. The third kappa shape index (κ3) is 5.23. The Bertz CT molecular complexity index is 738. The fraction of sp³-hybridized carbons (Fsp3) is 0.455. The summed E-state index contributed by atoms with van der Waals surface area (Å²) in [5.41, 5.74) is 11.8. The number of benzene rings is 2. The van der Waals surface area contributed by atoms with Gasteiger partial charge in [-0.3, -0.25) is 0 Å². The van der Waals surface area contributed by atoms with Crippen LogP contribution in [0.25, 0.3) is 0 Å². The van der Waals surface area contributed by atoms with Crippen molar-refractivity contribution in [3.8, 4) is 0 Å². The summed E-state index contributed by atoms with van der Waals surface area (Å²) < 4.78 is 10.7. The molecular weight excluding hydrogens is 360 g/mol. The van der Waals surface area contributed by atoms with E-state index in [-0.39, 0.29) is 0 Å². The van der Waals surface area contributed by atoms with Crippen LogP contribution in [0.5, 0.6) is 0 Å². The maximum absolute atomic E-state index is 5.95. The zero-order chi connectivity index (χ0) is 19.1. The first-order valence-electron chi connectivity index (χ1n) is 9.65. The summed E-state index contributed by atoms with van der Waals surface area (Å²) in [7, 11) is 1.58. The molecule has 146 valence electrons. The molecule has 1 aliphatic heterocycles. The van der Waals surface area contributed by atoms with Gasteiger partial charge in [-0.15, -0.1) is 0 Å². The highest BCUT2D eigenvalue weighted by Gasteiger charge is 2.20. The van der Waals surface area contributed by atoms with E-state index in [1.54, 1.807) is 7.11 Å². The smallest absolute Gasteiger partial charge is 0.153 e. The number of alkyl halides is 1. The minimum Gasteiger partial charge on any atom is -0.373 e. The molecule has 2 N–H and O–H groups in total. The van der Waals surface area contributed by atoms with Crippen LogP contribution in [-0.2, 0) is 28.9 Å². The Morgan fingerprint density at radius 1 is 1.07 bits per heavy atom. The van der Waals surface area contributed by atoms with Gasteiger partial charge in [0.1, 0.15) is 0 Å². The fourth-order valence-electron chi connectivity index (χ4n) is 3.54. The predicted octanol–water partition coefficient (Wildman–Crippen LogP) is 4.39. The van der Waals surface area contributed by atoms with Crippen LogP contribution >= 0.6 is 11.6 Å². The molecule has 0 amide bonds. The van der Waals surface area contributed by atoms with Crippen LogP contribution in [0.4, 0.5) is 11.4 Å². The first-order valence-corrected chi connectivity index (χ1v) is 10.1. The Labute approximate surface area is 167 Å². The van der Waals surface area contributed by atoms with E-state index in [0.717, 1.165) is 44.3 Å². The van der Waals surface area contributed by atoms with Crippen LogP contribution in [-0.4, -0.2) is 32.4 Å². The molecule has 0 aromatic heterocycles. The summed E-state index contributed by atoms with van der Waals surface area (Å²) >= 11 is 5.95. The first-order chi connectivity index (χ1) is 13.2. The number of halogens is 1. The molecule has 1 aliphatic rings. The van der Waals surface area contributed by atoms with Gasteiger partial charge in [0.25, 0.3) is 0 Å². The number of nitrogens with zero attached hydrogens (tertiary/aromatic N) is 1. The van der Waals surface area contributed by atoms with Gasteiger partial charge in [0.05, 0.1) is 13.2 Å². The number of hydrogen-bond donors (Lipinski definition) is 1. The number of methoxy groups -OCH3 is 1. The van der Waals surface area contributed by atoms with Crippen molar-refractivity contribution in [2.75, 3.05) is 31.7 Å². The SMILES string of the molecule is COC(Cl)COCc1ccc2c(c1)N(CCCCN)c1ccccc1CC2. The average Bonchev–Trinajstić information content (AvgIpc) is 2.85. The lowest BCUT2D eigenvalue weighted by molar-refractivity contribution is 0.0415. The van der Waals surface area contributed by atoms with Gasteiger partial charge in [0.2, 0.25) is 0 Å². The number of aryl methyl sites for hydroxylation is 2. The molecule has 0 aliphatic carbocycles. The summed E-state index contributed by atoms with van der Waals surface area (Å²) in [5.74, 6) is 0. The van der Waals surface area contributed by atoms with E-state index in [0.29, 0.717) is 13.2 Å². The number of rotatable bonds is 9. The largest absolute Gasteiger partial charge is 0.373 e. The summed E-state index contributed by atoms with van der Waals surface area (Å²) in [4.78, 5) is 2.45. The minimum absolute atomic E-state index is 0.373. The van der Waals surface area contributed by atoms with E-state index < -0.39 is 5.56 Å². The molecule has 1 atom stereocenters. The van der Waals surface area contributed by atoms with Crippen molar-refractivity contribution in [3.63, 3.8) is 0 Å². The molecule has 4 nitrogen and oxygen atoms in total. The summed E-state index contributed by atoms with van der Waals surface area (Å²) in [6.45, 7) is 2.60. The minimum atomic E-state index is -0.412. The van der Waals surface area contributed by atoms with Gasteiger partial charge < -0.3 is 20.1 Å². The van der Waals surface area contributed by atoms with Gasteiger partial charge in [0, 0.05) is 25.0 Å². The van der Waals surface area contributed by atoms with Crippen LogP contribution in [0.3, 0.4) is 0 Å². The molecule has 3 rings (SSSR count). The monoisotopic (exact) mass is 388 g/mol. The molecule has 0 radical (unpaired) electrons. The number of ether oxygens (including phenoxy) is 2. The molecule has 2 aromatic rings. The number of nitrogens with two attached hydrogens (primary N) is 1. The molecule has 1 heterocycles. The quantitative estimate of drug-likeness (QED) is 0.511. The number of anilines is 2. The van der Waals surface area contributed by atoms with Crippen molar-refractivity contribution < 1.29 is 9.47 Å². The fourth-order valence-corrected chi connectivity index (χ4v) is 3.63. The Kier molecular flexibility index (Phi) is 7.53. The third-order valence-corrected chi connectivity index (χ3v) is 5.30. The molecule has 1 unspecified atom stereocenters. The Morgan fingerprint density at radius 3 is 2.63 bits per heavy atom. The molecule has 0 saturated carbocycles. The van der Waals surface area contributed by atoms with Gasteiger partial charge in [-0.1, -0.05) is 41.9 Å². The maximum Gasteiger partial charge on any atom is 0.153 e. The van der Waals surface area contributed by atoms with Crippen molar-refractivity contribution in [2.45, 2.75) is 37.9 Å². The number of unbranched alkanes of at least 4 members (excludes halogenated alkanes) is 1. The van der Waals surface area contributed by atoms with E-state index in [4.69, 9.17) is 26.8 Å². The second-order valence-electron chi connectivity index (χ2n) is 6.90. The summed E-state index contributed by atoms with van der Waals surface area (Å²) in [5, 5.41) is 0. The average molecular weight is 389 g/mol. The Hall–Kier alpha value is -1.59. The van der Waals surface area contributed by atoms with Gasteiger partial charge in [0.15, 0.2) is 5.56 Å². The van der Waals surface area contributed by atoms with E-state index in [2.05, 4.69) is 47.4 Å². The molecule has 2 aromatic carbocycles. The van der Waals surface area contributed by atoms with E-state index in [9.17, 15) is 0 Å². The van der Waals surface area contributed by atoms with E-state index in [1.807, 2.05) is 0 Å². The molecular formula is C22H29ClN2O2. The molecule has 27 heavy (non-hydrogen) atoms. The van der Waals surface area contributed by atoms with E-state index in [1.165, 1.54) is 22.5 Å². The lowest BCUT2D eigenvalue weighted by Gasteiger charge is -2.27. The highest BCUT2D eigenvalue weighted by molar-refractivity contribution is 6.19. The zero-order valence-electron chi connectivity index (χ0n) is 16.0. The standard InChI is InChI=1S/C22H29ClN2O2/c1-26-22(23)16-27-15-17-8-9-19-11-10-18-6-2-3-7-20(18)25(21(19)14-17)13-5-4-12-24/h2-3,6-9,14,22H,4-5,10-13,15-16,24H2,1H3. The normalized spacial score (nSPS) is 14.4. The van der Waals surface area contributed by atoms with Gasteiger partial charge in [-0.2, -0.15) is 0 Å². The van der Waals surface area contributed by atoms with Crippen molar-refractivity contribution >= 4 is 23.0 Å². The highest BCUT2D eigenvalue weighted by atomic mass is 35.5. The Morgan fingerprint density at radius 2 is 1.85 bits per heavy atom. The van der Waals surface area contributed by atoms with Gasteiger partial charge in [-0.25, -0.2) is 0 Å². The summed E-state index contributed by atoms with van der Waals surface area (Å²) in [6, 6.07) is 15.4.